The van der Waals surface area contributed by atoms with Gasteiger partial charge < -0.3 is 15.6 Å². The normalized spacial score (nSPS) is 10.4. The summed E-state index contributed by atoms with van der Waals surface area (Å²) in [5.74, 6) is 5.28. The van der Waals surface area contributed by atoms with E-state index in [1.54, 1.807) is 6.07 Å². The third-order valence-corrected chi connectivity index (χ3v) is 2.42. The number of carbonyl (C=O) groups is 1. The summed E-state index contributed by atoms with van der Waals surface area (Å²) in [7, 11) is 3.93. The van der Waals surface area contributed by atoms with Crippen LogP contribution in [-0.2, 0) is 0 Å². The number of rotatable bonds is 5. The summed E-state index contributed by atoms with van der Waals surface area (Å²) in [5.41, 5.74) is 4.82. The van der Waals surface area contributed by atoms with Crippen molar-refractivity contribution in [3.63, 3.8) is 0 Å². The predicted molar refractivity (Wildman–Crippen MR) is 69.9 cm³/mol. The molecule has 0 aliphatic heterocycles. The summed E-state index contributed by atoms with van der Waals surface area (Å²) in [5, 5.41) is 2.85. The number of anilines is 1. The van der Waals surface area contributed by atoms with E-state index in [0.717, 1.165) is 12.1 Å². The highest BCUT2D eigenvalue weighted by Crippen LogP contribution is 2.16. The first-order valence-corrected chi connectivity index (χ1v) is 5.55. The number of carbonyl (C=O) groups excluding carboxylic acids is 1. The number of likely N-dealkylation sites (N-methyl/N-ethyl adjacent to an activating group) is 1. The number of nitrogen functional groups attached to an aromatic ring is 1. The van der Waals surface area contributed by atoms with Gasteiger partial charge in [0.05, 0.1) is 11.3 Å². The van der Waals surface area contributed by atoms with Crippen molar-refractivity contribution in [3.05, 3.63) is 29.3 Å². The van der Waals surface area contributed by atoms with Gasteiger partial charge in [0.1, 0.15) is 0 Å². The Morgan fingerprint density at radius 3 is 2.71 bits per heavy atom. The molecule has 0 saturated carbocycles. The van der Waals surface area contributed by atoms with Crippen molar-refractivity contribution in [2.45, 2.75) is 6.92 Å². The molecule has 0 spiro atoms. The van der Waals surface area contributed by atoms with E-state index >= 15 is 0 Å². The van der Waals surface area contributed by atoms with Crippen molar-refractivity contribution in [1.82, 2.24) is 10.2 Å². The van der Waals surface area contributed by atoms with Gasteiger partial charge in [-0.3, -0.25) is 10.6 Å². The fourth-order valence-corrected chi connectivity index (χ4v) is 1.46. The second-order valence-corrected chi connectivity index (χ2v) is 4.25. The van der Waals surface area contributed by atoms with E-state index in [0.29, 0.717) is 17.8 Å². The van der Waals surface area contributed by atoms with E-state index in [1.165, 1.54) is 0 Å². The molecular formula is C12H20N4O. The Labute approximate surface area is 102 Å². The Hall–Kier alpha value is -1.59. The maximum Gasteiger partial charge on any atom is 0.253 e. The monoisotopic (exact) mass is 236 g/mol. The molecule has 0 atom stereocenters. The Morgan fingerprint density at radius 2 is 2.12 bits per heavy atom. The average molecular weight is 236 g/mol. The van der Waals surface area contributed by atoms with Crippen LogP contribution in [0.3, 0.4) is 0 Å². The van der Waals surface area contributed by atoms with Gasteiger partial charge in [-0.1, -0.05) is 6.07 Å². The van der Waals surface area contributed by atoms with Gasteiger partial charge in [0, 0.05) is 13.1 Å². The highest BCUT2D eigenvalue weighted by Gasteiger charge is 2.10. The van der Waals surface area contributed by atoms with Crippen LogP contribution >= 0.6 is 0 Å². The third-order valence-electron chi connectivity index (χ3n) is 2.42. The highest BCUT2D eigenvalue weighted by atomic mass is 16.1. The zero-order valence-electron chi connectivity index (χ0n) is 10.6. The molecule has 0 fully saturated rings. The van der Waals surface area contributed by atoms with Gasteiger partial charge in [-0.2, -0.15) is 0 Å². The van der Waals surface area contributed by atoms with Crippen molar-refractivity contribution < 1.29 is 4.79 Å². The first kappa shape index (κ1) is 13.5. The summed E-state index contributed by atoms with van der Waals surface area (Å²) < 4.78 is 0. The smallest absolute Gasteiger partial charge is 0.253 e. The van der Waals surface area contributed by atoms with E-state index in [2.05, 4.69) is 10.7 Å². The minimum Gasteiger partial charge on any atom is -0.351 e. The second-order valence-electron chi connectivity index (χ2n) is 4.25. The third kappa shape index (κ3) is 4.05. The van der Waals surface area contributed by atoms with Crippen LogP contribution < -0.4 is 16.6 Å². The highest BCUT2D eigenvalue weighted by molar-refractivity contribution is 5.99. The van der Waals surface area contributed by atoms with E-state index in [-0.39, 0.29) is 5.91 Å². The first-order valence-electron chi connectivity index (χ1n) is 5.55. The van der Waals surface area contributed by atoms with Crippen molar-refractivity contribution >= 4 is 11.6 Å². The van der Waals surface area contributed by atoms with E-state index < -0.39 is 0 Å². The number of benzene rings is 1. The lowest BCUT2D eigenvalue weighted by molar-refractivity contribution is 0.0952. The molecule has 17 heavy (non-hydrogen) atoms. The van der Waals surface area contributed by atoms with Crippen LogP contribution in [0.2, 0.25) is 0 Å². The number of aryl methyl sites for hydroxylation is 1. The van der Waals surface area contributed by atoms with Crippen LogP contribution in [0.5, 0.6) is 0 Å². The summed E-state index contributed by atoms with van der Waals surface area (Å²) in [4.78, 5) is 13.9. The number of hydrazine groups is 1. The summed E-state index contributed by atoms with van der Waals surface area (Å²) in [6.45, 7) is 3.38. The molecule has 0 aliphatic rings. The standard InChI is InChI=1S/C12H20N4O/c1-9-4-5-10(11(8-9)15-13)12(17)14-6-7-16(2)3/h4-5,8,15H,6-7,13H2,1-3H3,(H,14,17). The quantitative estimate of drug-likeness (QED) is 0.516. The molecule has 5 nitrogen and oxygen atoms in total. The van der Waals surface area contributed by atoms with Gasteiger partial charge >= 0.3 is 0 Å². The lowest BCUT2D eigenvalue weighted by atomic mass is 10.1. The predicted octanol–water partition coefficient (Wildman–Crippen LogP) is 0.572. The molecule has 94 valence electrons. The van der Waals surface area contributed by atoms with Gasteiger partial charge in [-0.15, -0.1) is 0 Å². The minimum absolute atomic E-state index is 0.111. The average Bonchev–Trinajstić information content (AvgIpc) is 2.28. The van der Waals surface area contributed by atoms with Crippen LogP contribution in [-0.4, -0.2) is 38.0 Å². The van der Waals surface area contributed by atoms with Crippen LogP contribution in [0.4, 0.5) is 5.69 Å². The fraction of sp³-hybridized carbons (Fsp3) is 0.417. The van der Waals surface area contributed by atoms with Crippen LogP contribution in [0.25, 0.3) is 0 Å². The van der Waals surface area contributed by atoms with Crippen molar-refractivity contribution in [1.29, 1.82) is 0 Å². The van der Waals surface area contributed by atoms with Crippen LogP contribution in [0, 0.1) is 6.92 Å². The number of nitrogens with one attached hydrogen (secondary N) is 2. The zero-order chi connectivity index (χ0) is 12.8. The Morgan fingerprint density at radius 1 is 1.41 bits per heavy atom. The van der Waals surface area contributed by atoms with Crippen LogP contribution in [0.1, 0.15) is 15.9 Å². The van der Waals surface area contributed by atoms with Gasteiger partial charge in [0.2, 0.25) is 0 Å². The lowest BCUT2D eigenvalue weighted by Crippen LogP contribution is -2.32. The Bertz CT molecular complexity index is 390. The number of nitrogens with two attached hydrogens (primary N) is 1. The van der Waals surface area contributed by atoms with Crippen molar-refractivity contribution in [2.24, 2.45) is 5.84 Å². The Balaban J connectivity index is 2.68. The number of hydrogen-bond donors (Lipinski definition) is 3. The molecule has 0 bridgehead atoms. The maximum absolute atomic E-state index is 11.9. The minimum atomic E-state index is -0.111. The fourth-order valence-electron chi connectivity index (χ4n) is 1.46. The van der Waals surface area contributed by atoms with Crippen molar-refractivity contribution in [3.8, 4) is 0 Å². The second kappa shape index (κ2) is 6.22. The molecule has 1 aromatic rings. The molecule has 0 saturated heterocycles. The largest absolute Gasteiger partial charge is 0.351 e. The molecule has 0 aliphatic carbocycles. The molecule has 1 rings (SSSR count). The molecule has 0 heterocycles. The summed E-state index contributed by atoms with van der Waals surface area (Å²) in [6, 6.07) is 5.51. The molecule has 0 unspecified atom stereocenters. The molecule has 1 aromatic carbocycles. The topological polar surface area (TPSA) is 70.4 Å². The summed E-state index contributed by atoms with van der Waals surface area (Å²) >= 11 is 0. The van der Waals surface area contributed by atoms with Crippen molar-refractivity contribution in [2.75, 3.05) is 32.6 Å². The van der Waals surface area contributed by atoms with E-state index in [9.17, 15) is 4.79 Å². The number of nitrogens with zero attached hydrogens (tertiary/aromatic N) is 1. The number of amides is 1. The van der Waals surface area contributed by atoms with E-state index in [4.69, 9.17) is 5.84 Å². The molecular weight excluding hydrogens is 216 g/mol. The van der Waals surface area contributed by atoms with Gasteiger partial charge in [-0.25, -0.2) is 0 Å². The molecule has 0 aromatic heterocycles. The van der Waals surface area contributed by atoms with Gasteiger partial charge in [-0.05, 0) is 38.7 Å². The van der Waals surface area contributed by atoms with E-state index in [1.807, 2.05) is 38.1 Å². The van der Waals surface area contributed by atoms with Crippen LogP contribution in [0.15, 0.2) is 18.2 Å². The SMILES string of the molecule is Cc1ccc(C(=O)NCCN(C)C)c(NN)c1. The van der Waals surface area contributed by atoms with Gasteiger partial charge in [0.25, 0.3) is 5.91 Å². The first-order chi connectivity index (χ1) is 8.04. The summed E-state index contributed by atoms with van der Waals surface area (Å²) in [6.07, 6.45) is 0. The van der Waals surface area contributed by atoms with Gasteiger partial charge in [0.15, 0.2) is 0 Å². The number of hydrogen-bond acceptors (Lipinski definition) is 4. The Kier molecular flexibility index (Phi) is 4.93. The molecule has 1 amide bonds. The molecule has 0 radical (unpaired) electrons. The lowest BCUT2D eigenvalue weighted by Gasteiger charge is -2.12. The molecule has 4 N–H and O–H groups in total. The molecule has 5 heteroatoms. The zero-order valence-corrected chi connectivity index (χ0v) is 10.6. The maximum atomic E-state index is 11.9.